The minimum Gasteiger partial charge on any atom is -0.347 e. The highest BCUT2D eigenvalue weighted by molar-refractivity contribution is 7.93. The van der Waals surface area contributed by atoms with Gasteiger partial charge in [0, 0.05) is 10.6 Å². The van der Waals surface area contributed by atoms with E-state index in [9.17, 15) is 9.00 Å². The van der Waals surface area contributed by atoms with Crippen LogP contribution in [0.5, 0.6) is 0 Å². The SMILES string of the molecule is O=c1cc[cH-]cc1C=C1C=[N+](c2ccccc2)[C-](Nc2ccccc2)S1=O. The number of anilines is 1. The van der Waals surface area contributed by atoms with Gasteiger partial charge < -0.3 is 10.1 Å². The van der Waals surface area contributed by atoms with Crippen LogP contribution in [0.15, 0.2) is 94.6 Å². The fourth-order valence-electron chi connectivity index (χ4n) is 2.81. The van der Waals surface area contributed by atoms with E-state index in [0.717, 1.165) is 11.4 Å². The van der Waals surface area contributed by atoms with Crippen molar-refractivity contribution in [2.45, 2.75) is 0 Å². The first-order chi connectivity index (χ1) is 13.2. The molecule has 0 radical (unpaired) electrons. The van der Waals surface area contributed by atoms with Gasteiger partial charge in [-0.3, -0.25) is 8.78 Å². The van der Waals surface area contributed by atoms with Crippen LogP contribution >= 0.6 is 0 Å². The van der Waals surface area contributed by atoms with E-state index in [4.69, 9.17) is 0 Å². The highest BCUT2D eigenvalue weighted by Crippen LogP contribution is 2.30. The first kappa shape index (κ1) is 17.1. The van der Waals surface area contributed by atoms with Gasteiger partial charge in [0.1, 0.15) is 16.5 Å². The number of hydrogen-bond acceptors (Lipinski definition) is 3. The summed E-state index contributed by atoms with van der Waals surface area (Å²) in [6.07, 6.45) is 3.50. The molecular weight excluding hydrogens is 356 g/mol. The topological polar surface area (TPSA) is 49.2 Å². The quantitative estimate of drug-likeness (QED) is 0.558. The zero-order chi connectivity index (χ0) is 18.6. The summed E-state index contributed by atoms with van der Waals surface area (Å²) < 4.78 is 15.0. The Balaban J connectivity index is 1.76. The van der Waals surface area contributed by atoms with Gasteiger partial charge in [0.05, 0.1) is 11.6 Å². The number of hydrogen-bond donors (Lipinski definition) is 1. The second-order valence-electron chi connectivity index (χ2n) is 5.98. The van der Waals surface area contributed by atoms with E-state index in [1.165, 1.54) is 6.07 Å². The molecule has 27 heavy (non-hydrogen) atoms. The lowest BCUT2D eigenvalue weighted by molar-refractivity contribution is -0.393. The Labute approximate surface area is 160 Å². The zero-order valence-electron chi connectivity index (χ0n) is 14.4. The molecular formula is C22H17N2O2S-. The molecule has 134 valence electrons. The van der Waals surface area contributed by atoms with Crippen molar-refractivity contribution in [3.8, 4) is 0 Å². The molecule has 4 nitrogen and oxygen atoms in total. The molecule has 5 heteroatoms. The van der Waals surface area contributed by atoms with E-state index in [0.29, 0.717) is 16.0 Å². The fraction of sp³-hybridized carbons (Fsp3) is 0. The number of para-hydroxylation sites is 3. The van der Waals surface area contributed by atoms with E-state index in [2.05, 4.69) is 5.32 Å². The Hall–Kier alpha value is -3.31. The molecule has 0 bridgehead atoms. The van der Waals surface area contributed by atoms with Crippen LogP contribution in [0.2, 0.25) is 0 Å². The molecule has 0 amide bonds. The first-order valence-corrected chi connectivity index (χ1v) is 9.65. The maximum atomic E-state index is 13.2. The Bertz CT molecular complexity index is 1090. The van der Waals surface area contributed by atoms with Gasteiger partial charge in [-0.15, -0.1) is 6.07 Å². The Morgan fingerprint density at radius 1 is 1.00 bits per heavy atom. The molecule has 0 saturated carbocycles. The predicted octanol–water partition coefficient (Wildman–Crippen LogP) is 3.84. The van der Waals surface area contributed by atoms with Crippen molar-refractivity contribution >= 4 is 34.5 Å². The van der Waals surface area contributed by atoms with Gasteiger partial charge in [-0.1, -0.05) is 48.0 Å². The Morgan fingerprint density at radius 3 is 2.41 bits per heavy atom. The largest absolute Gasteiger partial charge is 0.347 e. The number of nitrogens with one attached hydrogen (secondary N) is 1. The van der Waals surface area contributed by atoms with Crippen molar-refractivity contribution in [3.05, 3.63) is 111 Å². The van der Waals surface area contributed by atoms with Crippen molar-refractivity contribution in [1.29, 1.82) is 0 Å². The minimum absolute atomic E-state index is 0.0915. The van der Waals surface area contributed by atoms with Crippen LogP contribution in [0, 0.1) is 5.50 Å². The predicted molar refractivity (Wildman–Crippen MR) is 110 cm³/mol. The number of nitrogens with zero attached hydrogens (tertiary/aromatic N) is 1. The highest BCUT2D eigenvalue weighted by Gasteiger charge is 2.31. The molecule has 3 aromatic carbocycles. The van der Waals surface area contributed by atoms with Crippen LogP contribution in [0.3, 0.4) is 0 Å². The third-order valence-corrected chi connectivity index (χ3v) is 5.44. The van der Waals surface area contributed by atoms with Crippen molar-refractivity contribution in [1.82, 2.24) is 0 Å². The maximum Gasteiger partial charge on any atom is 0.250 e. The van der Waals surface area contributed by atoms with Crippen LogP contribution in [0.4, 0.5) is 11.4 Å². The molecule has 1 aliphatic rings. The smallest absolute Gasteiger partial charge is 0.250 e. The third kappa shape index (κ3) is 3.64. The average Bonchev–Trinajstić information content (AvgIpc) is 3.01. The number of allylic oxidation sites excluding steroid dienone is 1. The van der Waals surface area contributed by atoms with E-state index >= 15 is 0 Å². The molecule has 0 aliphatic carbocycles. The molecule has 1 unspecified atom stereocenters. The zero-order valence-corrected chi connectivity index (χ0v) is 15.2. The third-order valence-electron chi connectivity index (χ3n) is 4.14. The molecule has 1 N–H and O–H groups in total. The van der Waals surface area contributed by atoms with Gasteiger partial charge >= 0.3 is 0 Å². The van der Waals surface area contributed by atoms with Gasteiger partial charge in [-0.05, 0) is 24.3 Å². The van der Waals surface area contributed by atoms with E-state index < -0.39 is 10.8 Å². The van der Waals surface area contributed by atoms with Crippen LogP contribution in [0.25, 0.3) is 6.08 Å². The summed E-state index contributed by atoms with van der Waals surface area (Å²) in [5.41, 5.74) is 2.71. The average molecular weight is 373 g/mol. The summed E-state index contributed by atoms with van der Waals surface area (Å²) in [7, 11) is -1.44. The summed E-state index contributed by atoms with van der Waals surface area (Å²) >= 11 is 0. The summed E-state index contributed by atoms with van der Waals surface area (Å²) in [6.45, 7) is 0. The van der Waals surface area contributed by atoms with Gasteiger partial charge in [0.2, 0.25) is 5.50 Å². The van der Waals surface area contributed by atoms with Crippen LogP contribution in [-0.2, 0) is 10.8 Å². The second kappa shape index (κ2) is 7.51. The van der Waals surface area contributed by atoms with Gasteiger partial charge in [-0.2, -0.15) is 18.2 Å². The van der Waals surface area contributed by atoms with Gasteiger partial charge in [0.15, 0.2) is 0 Å². The summed E-state index contributed by atoms with van der Waals surface area (Å²) in [5, 5.41) is 3.26. The first-order valence-electron chi connectivity index (χ1n) is 8.50. The second-order valence-corrected chi connectivity index (χ2v) is 7.38. The van der Waals surface area contributed by atoms with E-state index in [1.807, 2.05) is 71.5 Å². The number of rotatable bonds is 4. The molecule has 1 atom stereocenters. The fourth-order valence-corrected chi connectivity index (χ4v) is 4.02. The molecule has 0 aromatic heterocycles. The molecule has 1 aliphatic heterocycles. The summed E-state index contributed by atoms with van der Waals surface area (Å²) in [4.78, 5) is 12.6. The van der Waals surface area contributed by atoms with Crippen LogP contribution in [-0.4, -0.2) is 15.0 Å². The Morgan fingerprint density at radius 2 is 1.70 bits per heavy atom. The van der Waals surface area contributed by atoms with Gasteiger partial charge in [-0.25, -0.2) is 0 Å². The maximum absolute atomic E-state index is 13.2. The minimum atomic E-state index is -1.44. The molecule has 0 saturated heterocycles. The highest BCUT2D eigenvalue weighted by atomic mass is 32.2. The van der Waals surface area contributed by atoms with E-state index in [1.54, 1.807) is 24.3 Å². The molecule has 1 heterocycles. The lowest BCUT2D eigenvalue weighted by Crippen LogP contribution is -2.21. The van der Waals surface area contributed by atoms with Crippen molar-refractivity contribution in [2.75, 3.05) is 5.32 Å². The monoisotopic (exact) mass is 373 g/mol. The van der Waals surface area contributed by atoms with Crippen LogP contribution < -0.4 is 10.7 Å². The normalized spacial score (nSPS) is 17.8. The molecule has 4 rings (SSSR count). The summed E-state index contributed by atoms with van der Waals surface area (Å²) in [5.74, 6) is 0. The van der Waals surface area contributed by atoms with Crippen molar-refractivity contribution in [2.24, 2.45) is 0 Å². The lowest BCUT2D eigenvalue weighted by Gasteiger charge is -2.18. The van der Waals surface area contributed by atoms with Crippen LogP contribution in [0.1, 0.15) is 5.56 Å². The molecule has 3 aromatic rings. The van der Waals surface area contributed by atoms with E-state index in [-0.39, 0.29) is 5.43 Å². The van der Waals surface area contributed by atoms with Crippen molar-refractivity contribution < 1.29 is 8.78 Å². The molecule has 0 spiro atoms. The summed E-state index contributed by atoms with van der Waals surface area (Å²) in [6, 6.07) is 26.0. The Kier molecular flexibility index (Phi) is 4.77. The molecule has 0 fully saturated rings. The standard InChI is InChI=1S/C22H17N2O2S/c25-21-14-8-7-9-17(21)15-20-16-24(19-12-5-2-6-13-19)22(27(20)26)23-18-10-3-1-4-11-18/h1-16,23H/q-1. The number of benzene rings is 3. The lowest BCUT2D eigenvalue weighted by atomic mass is 10.2. The van der Waals surface area contributed by atoms with Crippen molar-refractivity contribution in [3.63, 3.8) is 0 Å². The van der Waals surface area contributed by atoms with Gasteiger partial charge in [0.25, 0.3) is 0 Å².